The average Bonchev–Trinajstić information content (AvgIpc) is 3.11. The van der Waals surface area contributed by atoms with Gasteiger partial charge in [-0.2, -0.15) is 0 Å². The Morgan fingerprint density at radius 1 is 1.44 bits per heavy atom. The first-order valence-electron chi connectivity index (χ1n) is 8.27. The second-order valence-electron chi connectivity index (χ2n) is 6.66. The van der Waals surface area contributed by atoms with E-state index in [1.807, 2.05) is 12.1 Å². The number of pyridine rings is 1. The third-order valence-electron chi connectivity index (χ3n) is 5.10. The van der Waals surface area contributed by atoms with Crippen molar-refractivity contribution < 1.29 is 19.5 Å². The predicted octanol–water partition coefficient (Wildman–Crippen LogP) is 0.572. The van der Waals surface area contributed by atoms with Crippen LogP contribution in [0.25, 0.3) is 0 Å². The van der Waals surface area contributed by atoms with E-state index in [1.54, 1.807) is 18.5 Å². The second-order valence-corrected chi connectivity index (χ2v) is 6.66. The zero-order valence-corrected chi connectivity index (χ0v) is 13.9. The number of carboxylic acids is 1. The van der Waals surface area contributed by atoms with Crippen molar-refractivity contribution in [3.05, 3.63) is 42.7 Å². The largest absolute Gasteiger partial charge is 0.481 e. The van der Waals surface area contributed by atoms with Crippen molar-refractivity contribution >= 4 is 17.8 Å². The molecule has 132 valence electrons. The molecule has 3 heterocycles. The number of hydrogen-bond donors (Lipinski definition) is 1. The standard InChI is InChI=1S/C18H21N3O4/c1-2-8-20-11-18(17(24)25)12-21(10-14(18)16(20)23)15(22)6-5-13-4-3-7-19-9-13/h2-4,7,9,14H,1,5-6,8,10-12H2,(H,24,25)/t14-,18+/m0/s1. The van der Waals surface area contributed by atoms with Crippen LogP contribution in [0.2, 0.25) is 0 Å². The van der Waals surface area contributed by atoms with E-state index in [9.17, 15) is 19.5 Å². The van der Waals surface area contributed by atoms with Crippen LogP contribution in [-0.4, -0.2) is 63.9 Å². The summed E-state index contributed by atoms with van der Waals surface area (Å²) in [5.74, 6) is -2.01. The summed E-state index contributed by atoms with van der Waals surface area (Å²) in [6.07, 6.45) is 5.79. The molecule has 2 fully saturated rings. The van der Waals surface area contributed by atoms with Gasteiger partial charge in [-0.3, -0.25) is 19.4 Å². The van der Waals surface area contributed by atoms with E-state index >= 15 is 0 Å². The highest BCUT2D eigenvalue weighted by Gasteiger charge is 2.62. The van der Waals surface area contributed by atoms with Crippen molar-refractivity contribution in [2.45, 2.75) is 12.8 Å². The molecule has 0 radical (unpaired) electrons. The summed E-state index contributed by atoms with van der Waals surface area (Å²) in [5, 5.41) is 9.73. The van der Waals surface area contributed by atoms with Crippen LogP contribution in [0.1, 0.15) is 12.0 Å². The average molecular weight is 343 g/mol. The zero-order chi connectivity index (χ0) is 18.0. The number of aliphatic carboxylic acids is 1. The molecule has 0 saturated carbocycles. The highest BCUT2D eigenvalue weighted by Crippen LogP contribution is 2.43. The Morgan fingerprint density at radius 2 is 2.24 bits per heavy atom. The number of carbonyl (C=O) groups is 3. The Morgan fingerprint density at radius 3 is 2.84 bits per heavy atom. The third kappa shape index (κ3) is 3.01. The van der Waals surface area contributed by atoms with Gasteiger partial charge in [-0.1, -0.05) is 12.1 Å². The molecule has 1 aromatic heterocycles. The maximum atomic E-state index is 12.5. The maximum Gasteiger partial charge on any atom is 0.314 e. The molecule has 2 aliphatic heterocycles. The molecule has 0 bridgehead atoms. The van der Waals surface area contributed by atoms with Gasteiger partial charge in [0.25, 0.3) is 0 Å². The van der Waals surface area contributed by atoms with Crippen molar-refractivity contribution in [2.24, 2.45) is 11.3 Å². The highest BCUT2D eigenvalue weighted by molar-refractivity contribution is 5.94. The lowest BCUT2D eigenvalue weighted by Crippen LogP contribution is -2.42. The van der Waals surface area contributed by atoms with Crippen molar-refractivity contribution in [3.63, 3.8) is 0 Å². The summed E-state index contributed by atoms with van der Waals surface area (Å²) < 4.78 is 0. The van der Waals surface area contributed by atoms with Gasteiger partial charge in [0.05, 0.1) is 5.92 Å². The summed E-state index contributed by atoms with van der Waals surface area (Å²) in [6, 6.07) is 3.71. The molecule has 2 amide bonds. The van der Waals surface area contributed by atoms with E-state index < -0.39 is 17.3 Å². The maximum absolute atomic E-state index is 12.5. The minimum Gasteiger partial charge on any atom is -0.481 e. The van der Waals surface area contributed by atoms with E-state index in [4.69, 9.17) is 0 Å². The van der Waals surface area contributed by atoms with E-state index in [2.05, 4.69) is 11.6 Å². The fraction of sp³-hybridized carbons (Fsp3) is 0.444. The molecule has 0 unspecified atom stereocenters. The van der Waals surface area contributed by atoms with E-state index in [-0.39, 0.29) is 37.9 Å². The predicted molar refractivity (Wildman–Crippen MR) is 89.5 cm³/mol. The number of likely N-dealkylation sites (tertiary alicyclic amines) is 2. The van der Waals surface area contributed by atoms with Crippen LogP contribution in [0.5, 0.6) is 0 Å². The molecular formula is C18H21N3O4. The summed E-state index contributed by atoms with van der Waals surface area (Å²) >= 11 is 0. The summed E-state index contributed by atoms with van der Waals surface area (Å²) in [7, 11) is 0. The topological polar surface area (TPSA) is 90.8 Å². The van der Waals surface area contributed by atoms with Crippen molar-refractivity contribution in [1.29, 1.82) is 0 Å². The molecule has 2 atom stereocenters. The third-order valence-corrected chi connectivity index (χ3v) is 5.10. The summed E-state index contributed by atoms with van der Waals surface area (Å²) in [5.41, 5.74) is -0.249. The van der Waals surface area contributed by atoms with E-state index in [0.29, 0.717) is 13.0 Å². The number of amides is 2. The summed E-state index contributed by atoms with van der Waals surface area (Å²) in [6.45, 7) is 4.32. The lowest BCUT2D eigenvalue weighted by Gasteiger charge is -2.24. The Labute approximate surface area is 145 Å². The number of rotatable bonds is 6. The fourth-order valence-electron chi connectivity index (χ4n) is 3.76. The molecule has 0 aliphatic carbocycles. The van der Waals surface area contributed by atoms with Gasteiger partial charge in [0.2, 0.25) is 11.8 Å². The first kappa shape index (κ1) is 17.1. The minimum atomic E-state index is -1.20. The summed E-state index contributed by atoms with van der Waals surface area (Å²) in [4.78, 5) is 44.0. The molecule has 1 aromatic rings. The number of aryl methyl sites for hydroxylation is 1. The van der Waals surface area contributed by atoms with Crippen LogP contribution < -0.4 is 0 Å². The van der Waals surface area contributed by atoms with Gasteiger partial charge in [0, 0.05) is 45.0 Å². The molecule has 25 heavy (non-hydrogen) atoms. The van der Waals surface area contributed by atoms with Gasteiger partial charge in [0.15, 0.2) is 0 Å². The first-order chi connectivity index (χ1) is 12.0. The number of carbonyl (C=O) groups excluding carboxylic acids is 2. The van der Waals surface area contributed by atoms with Gasteiger partial charge in [0.1, 0.15) is 5.41 Å². The molecule has 7 heteroatoms. The van der Waals surface area contributed by atoms with Crippen LogP contribution in [0.3, 0.4) is 0 Å². The number of hydrogen-bond acceptors (Lipinski definition) is 4. The number of carboxylic acid groups (broad SMARTS) is 1. The SMILES string of the molecule is C=CCN1C[C@@]2(C(=O)O)CN(C(=O)CCc3cccnc3)C[C@H]2C1=O. The monoisotopic (exact) mass is 343 g/mol. The molecule has 2 saturated heterocycles. The highest BCUT2D eigenvalue weighted by atomic mass is 16.4. The molecule has 2 aliphatic rings. The molecule has 0 aromatic carbocycles. The quantitative estimate of drug-likeness (QED) is 0.763. The van der Waals surface area contributed by atoms with Crippen LogP contribution in [0, 0.1) is 11.3 Å². The zero-order valence-electron chi connectivity index (χ0n) is 13.9. The van der Waals surface area contributed by atoms with Gasteiger partial charge in [-0.25, -0.2) is 0 Å². The lowest BCUT2D eigenvalue weighted by molar-refractivity contribution is -0.150. The Kier molecular flexibility index (Phi) is 4.57. The van der Waals surface area contributed by atoms with Gasteiger partial charge >= 0.3 is 5.97 Å². The minimum absolute atomic E-state index is 0.0816. The van der Waals surface area contributed by atoms with Crippen molar-refractivity contribution in [1.82, 2.24) is 14.8 Å². The van der Waals surface area contributed by atoms with E-state index in [1.165, 1.54) is 9.80 Å². The van der Waals surface area contributed by atoms with Crippen molar-refractivity contribution in [2.75, 3.05) is 26.2 Å². The molecular weight excluding hydrogens is 322 g/mol. The first-order valence-corrected chi connectivity index (χ1v) is 8.27. The number of nitrogens with zero attached hydrogens (tertiary/aromatic N) is 3. The van der Waals surface area contributed by atoms with Crippen molar-refractivity contribution in [3.8, 4) is 0 Å². The normalized spacial score (nSPS) is 25.1. The molecule has 1 N–H and O–H groups in total. The number of fused-ring (bicyclic) bond motifs is 1. The molecule has 7 nitrogen and oxygen atoms in total. The molecule has 0 spiro atoms. The van der Waals surface area contributed by atoms with Crippen LogP contribution in [0.15, 0.2) is 37.2 Å². The second kappa shape index (κ2) is 6.66. The lowest BCUT2D eigenvalue weighted by atomic mass is 9.81. The Balaban J connectivity index is 1.69. The fourth-order valence-corrected chi connectivity index (χ4v) is 3.76. The molecule has 3 rings (SSSR count). The van der Waals surface area contributed by atoms with Crippen LogP contribution in [-0.2, 0) is 20.8 Å². The Hall–Kier alpha value is -2.70. The van der Waals surface area contributed by atoms with Gasteiger partial charge in [-0.05, 0) is 18.1 Å². The van der Waals surface area contributed by atoms with Crippen LogP contribution >= 0.6 is 0 Å². The van der Waals surface area contributed by atoms with Crippen LogP contribution in [0.4, 0.5) is 0 Å². The van der Waals surface area contributed by atoms with Gasteiger partial charge < -0.3 is 14.9 Å². The number of aromatic nitrogens is 1. The smallest absolute Gasteiger partial charge is 0.314 e. The Bertz CT molecular complexity index is 706. The van der Waals surface area contributed by atoms with Gasteiger partial charge in [-0.15, -0.1) is 6.58 Å². The van der Waals surface area contributed by atoms with E-state index in [0.717, 1.165) is 5.56 Å².